The van der Waals surface area contributed by atoms with Crippen LogP contribution < -0.4 is 0 Å². The fraction of sp³-hybridized carbons (Fsp3) is 0.0714. The highest BCUT2D eigenvalue weighted by Crippen LogP contribution is 2.43. The van der Waals surface area contributed by atoms with E-state index in [4.69, 9.17) is 21.5 Å². The molecule has 3 heterocycles. The number of para-hydroxylation sites is 3. The van der Waals surface area contributed by atoms with Gasteiger partial charge in [0.1, 0.15) is 5.82 Å². The minimum Gasteiger partial charge on any atom is -0.309 e. The third-order valence-corrected chi connectivity index (χ3v) is 14.4. The standard InChI is InChI=1S/C70H55N5/c1-4-5-6-10-24-50-36-42-54(43-37-50)60(44-49(3)68-71-69(55-27-13-8-14-28-55)73-70(72-68)57-31-18-17-23-48(57)2)65(45-51-38-40-53(41-39-51)52-25-11-7-12-26-52)75-64-35-22-20-33-59(64)62-46-66-61(47-67(62)75)58-32-19-21-34-63(58)74(66)56-29-15-9-16-30-56/h4-23,25-48,57H,3,24H2,1-2H3/b5-4-,10-6-,60-44-,65-45-/t48-,57?/m0/s1. The number of benzene rings is 8. The lowest BCUT2D eigenvalue weighted by Crippen LogP contribution is -2.14. The Balaban J connectivity index is 1.13. The van der Waals surface area contributed by atoms with Crippen LogP contribution in [0.2, 0.25) is 0 Å². The molecular formula is C70H55N5. The van der Waals surface area contributed by atoms with Gasteiger partial charge in [0.2, 0.25) is 0 Å². The predicted octanol–water partition coefficient (Wildman–Crippen LogP) is 17.7. The number of hydrogen-bond donors (Lipinski definition) is 0. The number of aromatic nitrogens is 5. The maximum Gasteiger partial charge on any atom is 0.163 e. The summed E-state index contributed by atoms with van der Waals surface area (Å²) in [5, 5.41) is 4.68. The number of rotatable bonds is 13. The lowest BCUT2D eigenvalue weighted by atomic mass is 9.89. The zero-order valence-electron chi connectivity index (χ0n) is 42.1. The molecule has 0 spiro atoms. The van der Waals surface area contributed by atoms with Crippen LogP contribution in [-0.2, 0) is 6.42 Å². The molecule has 5 nitrogen and oxygen atoms in total. The normalized spacial score (nSPS) is 15.1. The Kier molecular flexibility index (Phi) is 12.8. The van der Waals surface area contributed by atoms with E-state index in [0.717, 1.165) is 78.5 Å². The van der Waals surface area contributed by atoms with Gasteiger partial charge in [0.25, 0.3) is 0 Å². The van der Waals surface area contributed by atoms with Gasteiger partial charge in [-0.05, 0) is 95.6 Å². The second-order valence-electron chi connectivity index (χ2n) is 19.2. The van der Waals surface area contributed by atoms with Gasteiger partial charge in [0.15, 0.2) is 11.6 Å². The van der Waals surface area contributed by atoms with E-state index in [0.29, 0.717) is 23.0 Å². The maximum atomic E-state index is 5.28. The van der Waals surface area contributed by atoms with Gasteiger partial charge >= 0.3 is 0 Å². The predicted molar refractivity (Wildman–Crippen MR) is 316 cm³/mol. The lowest BCUT2D eigenvalue weighted by Gasteiger charge is -2.21. The Morgan fingerprint density at radius 2 is 1.17 bits per heavy atom. The molecule has 5 heteroatoms. The van der Waals surface area contributed by atoms with E-state index in [2.05, 4.69) is 259 Å². The second-order valence-corrected chi connectivity index (χ2v) is 19.2. The number of hydrogen-bond acceptors (Lipinski definition) is 3. The zero-order valence-corrected chi connectivity index (χ0v) is 42.1. The quantitative estimate of drug-likeness (QED) is 0.108. The van der Waals surface area contributed by atoms with E-state index < -0.39 is 0 Å². The number of fused-ring (bicyclic) bond motifs is 6. The topological polar surface area (TPSA) is 48.5 Å². The first kappa shape index (κ1) is 46.6. The first-order valence-corrected chi connectivity index (χ1v) is 25.8. The minimum atomic E-state index is -0.0264. The van der Waals surface area contributed by atoms with Crippen molar-refractivity contribution in [2.45, 2.75) is 26.2 Å². The summed E-state index contributed by atoms with van der Waals surface area (Å²) in [6.07, 6.45) is 22.4. The van der Waals surface area contributed by atoms with Crippen LogP contribution >= 0.6 is 0 Å². The molecule has 0 aliphatic heterocycles. The van der Waals surface area contributed by atoms with Crippen LogP contribution in [0.25, 0.3) is 94.7 Å². The van der Waals surface area contributed by atoms with Gasteiger partial charge in [0.05, 0.1) is 27.8 Å². The first-order valence-electron chi connectivity index (χ1n) is 25.8. The van der Waals surface area contributed by atoms with Gasteiger partial charge in [-0.1, -0.05) is 226 Å². The third-order valence-electron chi connectivity index (χ3n) is 14.4. The summed E-state index contributed by atoms with van der Waals surface area (Å²) in [5.41, 5.74) is 14.8. The van der Waals surface area contributed by atoms with Crippen LogP contribution in [0, 0.1) is 5.92 Å². The fourth-order valence-electron chi connectivity index (χ4n) is 10.6. The van der Waals surface area contributed by atoms with Gasteiger partial charge in [-0.3, -0.25) is 0 Å². The van der Waals surface area contributed by atoms with Crippen molar-refractivity contribution in [3.05, 3.63) is 290 Å². The van der Waals surface area contributed by atoms with E-state index >= 15 is 0 Å². The second kappa shape index (κ2) is 20.6. The molecule has 12 rings (SSSR count). The average Bonchev–Trinajstić information content (AvgIpc) is 4.04. The Labute approximate surface area is 438 Å². The Morgan fingerprint density at radius 1 is 0.560 bits per heavy atom. The Morgan fingerprint density at radius 3 is 1.89 bits per heavy atom. The van der Waals surface area contributed by atoms with E-state index in [1.165, 1.54) is 21.9 Å². The van der Waals surface area contributed by atoms with Crippen molar-refractivity contribution in [2.75, 3.05) is 0 Å². The SMILES string of the molecule is C=C(/C=C(\C(=C\c1ccc(-c2ccccc2)cc1)n1c2ccccc2c2cc3c(cc21)c1ccccc1n3-c1ccccc1)c1ccc(C/C=C\C=C/C)cc1)c1nc(-c2ccccc2)nc(C2C=CC=C[C@@H]2C)n1. The molecule has 11 aromatic rings. The summed E-state index contributed by atoms with van der Waals surface area (Å²) in [6, 6.07) is 71.7. The first-order chi connectivity index (χ1) is 37.0. The molecule has 3 aromatic heterocycles. The average molecular weight is 966 g/mol. The molecule has 8 aromatic carbocycles. The molecule has 0 radical (unpaired) electrons. The number of allylic oxidation sites excluding steroid dienone is 12. The molecule has 0 N–H and O–H groups in total. The van der Waals surface area contributed by atoms with Crippen molar-refractivity contribution in [2.24, 2.45) is 5.92 Å². The van der Waals surface area contributed by atoms with Crippen molar-refractivity contribution in [1.29, 1.82) is 0 Å². The monoisotopic (exact) mass is 965 g/mol. The van der Waals surface area contributed by atoms with Crippen molar-refractivity contribution < 1.29 is 0 Å². The Bertz CT molecular complexity index is 4090. The van der Waals surface area contributed by atoms with Crippen molar-refractivity contribution in [3.63, 3.8) is 0 Å². The largest absolute Gasteiger partial charge is 0.309 e. The molecule has 0 fully saturated rings. The van der Waals surface area contributed by atoms with E-state index in [9.17, 15) is 0 Å². The van der Waals surface area contributed by atoms with Gasteiger partial charge in [-0.2, -0.15) is 0 Å². The smallest absolute Gasteiger partial charge is 0.163 e. The molecule has 2 atom stereocenters. The van der Waals surface area contributed by atoms with Gasteiger partial charge < -0.3 is 9.13 Å². The molecule has 1 aliphatic carbocycles. The summed E-state index contributed by atoms with van der Waals surface area (Å²) in [7, 11) is 0. The fourth-order valence-corrected chi connectivity index (χ4v) is 10.6. The summed E-state index contributed by atoms with van der Waals surface area (Å²) in [4.78, 5) is 15.6. The van der Waals surface area contributed by atoms with Crippen LogP contribution in [0.15, 0.2) is 261 Å². The zero-order chi connectivity index (χ0) is 50.7. The van der Waals surface area contributed by atoms with Gasteiger partial charge in [-0.15, -0.1) is 0 Å². The van der Waals surface area contributed by atoms with Gasteiger partial charge in [-0.25, -0.2) is 15.0 Å². The molecular weight excluding hydrogens is 911 g/mol. The highest BCUT2D eigenvalue weighted by molar-refractivity contribution is 6.22. The van der Waals surface area contributed by atoms with Crippen LogP contribution in [0.4, 0.5) is 0 Å². The van der Waals surface area contributed by atoms with E-state index in [-0.39, 0.29) is 11.8 Å². The Hall–Kier alpha value is -9.45. The molecule has 0 bridgehead atoms. The summed E-state index contributed by atoms with van der Waals surface area (Å²) in [6.45, 7) is 9.09. The van der Waals surface area contributed by atoms with Crippen LogP contribution in [-0.4, -0.2) is 24.1 Å². The molecule has 75 heavy (non-hydrogen) atoms. The summed E-state index contributed by atoms with van der Waals surface area (Å²) >= 11 is 0. The molecule has 1 unspecified atom stereocenters. The van der Waals surface area contributed by atoms with E-state index in [1.54, 1.807) is 0 Å². The van der Waals surface area contributed by atoms with Crippen LogP contribution in [0.1, 0.15) is 48.1 Å². The molecule has 1 aliphatic rings. The molecule has 360 valence electrons. The molecule has 0 saturated heterocycles. The van der Waals surface area contributed by atoms with Crippen LogP contribution in [0.3, 0.4) is 0 Å². The van der Waals surface area contributed by atoms with Crippen molar-refractivity contribution >= 4 is 66.5 Å². The highest BCUT2D eigenvalue weighted by atomic mass is 15.0. The highest BCUT2D eigenvalue weighted by Gasteiger charge is 2.25. The van der Waals surface area contributed by atoms with Crippen LogP contribution in [0.5, 0.6) is 0 Å². The summed E-state index contributed by atoms with van der Waals surface area (Å²) < 4.78 is 4.87. The summed E-state index contributed by atoms with van der Waals surface area (Å²) in [5.74, 6) is 2.04. The third kappa shape index (κ3) is 9.21. The van der Waals surface area contributed by atoms with Gasteiger partial charge in [0, 0.05) is 49.9 Å². The minimum absolute atomic E-state index is 0.0264. The lowest BCUT2D eigenvalue weighted by molar-refractivity contribution is 0.598. The molecule has 0 saturated carbocycles. The number of nitrogens with zero attached hydrogens (tertiary/aromatic N) is 5. The van der Waals surface area contributed by atoms with Crippen molar-refractivity contribution in [3.8, 4) is 28.2 Å². The van der Waals surface area contributed by atoms with Crippen molar-refractivity contribution in [1.82, 2.24) is 24.1 Å². The van der Waals surface area contributed by atoms with E-state index in [1.807, 2.05) is 25.1 Å². The molecule has 0 amide bonds. The maximum absolute atomic E-state index is 5.28.